The Morgan fingerprint density at radius 1 is 0.875 bits per heavy atom. The molecule has 2 aromatic carbocycles. The van der Waals surface area contributed by atoms with Crippen LogP contribution in [0.3, 0.4) is 0 Å². The van der Waals surface area contributed by atoms with Crippen molar-refractivity contribution in [1.29, 1.82) is 0 Å². The lowest BCUT2D eigenvalue weighted by Gasteiger charge is -2.25. The van der Waals surface area contributed by atoms with E-state index in [1.165, 1.54) is 6.20 Å². The maximum absolute atomic E-state index is 13.8. The Labute approximate surface area is 278 Å². The van der Waals surface area contributed by atoms with Crippen LogP contribution in [0.4, 0.5) is 36.3 Å². The maximum atomic E-state index is 13.8. The van der Waals surface area contributed by atoms with Gasteiger partial charge < -0.3 is 31.3 Å². The number of amides is 3. The molecule has 16 heteroatoms. The number of benzene rings is 2. The average molecular weight is 685 g/mol. The van der Waals surface area contributed by atoms with Crippen molar-refractivity contribution in [2.45, 2.75) is 20.4 Å². The molecule has 5 N–H and O–H groups in total. The number of alkyl halides is 1. The predicted octanol–water partition coefficient (Wildman–Crippen LogP) is 5.02. The largest absolute Gasteiger partial charge is 0.461 e. The van der Waals surface area contributed by atoms with Crippen LogP contribution < -0.4 is 31.3 Å². The molecular weight excluding hydrogens is 653 g/mol. The lowest BCUT2D eigenvalue weighted by Crippen LogP contribution is -2.45. The van der Waals surface area contributed by atoms with E-state index in [0.29, 0.717) is 35.1 Å². The van der Waals surface area contributed by atoms with Crippen LogP contribution in [0.5, 0.6) is 6.01 Å². The molecule has 48 heavy (non-hydrogen) atoms. The zero-order valence-electron chi connectivity index (χ0n) is 25.9. The lowest BCUT2D eigenvalue weighted by molar-refractivity contribution is -0.136. The normalized spacial score (nSPS) is 11.0. The van der Waals surface area contributed by atoms with Gasteiger partial charge in [0.2, 0.25) is 0 Å². The van der Waals surface area contributed by atoms with E-state index in [-0.39, 0.29) is 37.0 Å². The number of pyridine rings is 1. The van der Waals surface area contributed by atoms with Crippen molar-refractivity contribution < 1.29 is 32.3 Å². The summed E-state index contributed by atoms with van der Waals surface area (Å²) >= 11 is 5.95. The number of hydrogen-bond acceptors (Lipinski definition) is 9. The lowest BCUT2D eigenvalue weighted by atomic mass is 9.93. The highest BCUT2D eigenvalue weighted by Crippen LogP contribution is 2.21. The van der Waals surface area contributed by atoms with Crippen molar-refractivity contribution in [2.75, 3.05) is 42.3 Å². The van der Waals surface area contributed by atoms with Gasteiger partial charge in [-0.1, -0.05) is 37.6 Å². The molecule has 0 bridgehead atoms. The maximum Gasteiger partial charge on any atom is 0.320 e. The van der Waals surface area contributed by atoms with Gasteiger partial charge in [0.05, 0.1) is 11.3 Å². The van der Waals surface area contributed by atoms with Gasteiger partial charge in [0.15, 0.2) is 0 Å². The van der Waals surface area contributed by atoms with Crippen LogP contribution in [-0.2, 0) is 16.1 Å². The molecule has 0 aliphatic carbocycles. The quantitative estimate of drug-likeness (QED) is 0.115. The number of anilines is 4. The highest BCUT2D eigenvalue weighted by molar-refractivity contribution is 6.39. The molecule has 252 valence electrons. The molecule has 0 saturated heterocycles. The molecule has 0 saturated carbocycles. The predicted molar refractivity (Wildman–Crippen MR) is 174 cm³/mol. The molecule has 3 amide bonds. The number of carbonyl (C=O) groups is 3. The molecule has 0 aliphatic rings. The van der Waals surface area contributed by atoms with Crippen LogP contribution in [0.2, 0.25) is 5.02 Å². The minimum absolute atomic E-state index is 0.000943. The zero-order chi connectivity index (χ0) is 34.7. The van der Waals surface area contributed by atoms with Crippen molar-refractivity contribution in [3.8, 4) is 6.01 Å². The first-order valence-electron chi connectivity index (χ1n) is 14.5. The molecule has 0 unspecified atom stereocenters. The Morgan fingerprint density at radius 2 is 1.60 bits per heavy atom. The third kappa shape index (κ3) is 10.8. The van der Waals surface area contributed by atoms with Crippen molar-refractivity contribution in [3.05, 3.63) is 94.6 Å². The van der Waals surface area contributed by atoms with E-state index in [2.05, 4.69) is 41.5 Å². The summed E-state index contributed by atoms with van der Waals surface area (Å²) in [6, 6.07) is 14.5. The van der Waals surface area contributed by atoms with Crippen LogP contribution in [0.25, 0.3) is 0 Å². The van der Waals surface area contributed by atoms with Gasteiger partial charge in [0, 0.05) is 43.0 Å². The SMILES string of the molecule is CC(C)(CNC(=O)C(=O)Nc1ccc(F)cc1F)CNC(=O)c1ccc(Nc2cc(NCc3ccc(Cl)cc3)nc(OCCF)n2)nc1. The summed E-state index contributed by atoms with van der Waals surface area (Å²) in [6.45, 7) is 3.11. The minimum Gasteiger partial charge on any atom is -0.461 e. The summed E-state index contributed by atoms with van der Waals surface area (Å²) in [7, 11) is 0. The van der Waals surface area contributed by atoms with Gasteiger partial charge in [-0.2, -0.15) is 9.97 Å². The molecule has 4 rings (SSSR count). The third-order valence-corrected chi connectivity index (χ3v) is 6.78. The fourth-order valence-corrected chi connectivity index (χ4v) is 4.08. The molecule has 2 heterocycles. The number of halogens is 4. The van der Waals surface area contributed by atoms with Crippen LogP contribution in [0, 0.1) is 17.0 Å². The molecule has 4 aromatic rings. The number of nitrogens with one attached hydrogen (secondary N) is 5. The summed E-state index contributed by atoms with van der Waals surface area (Å²) in [5.74, 6) is -3.36. The summed E-state index contributed by atoms with van der Waals surface area (Å²) in [5, 5.41) is 14.1. The minimum atomic E-state index is -1.13. The molecule has 0 spiro atoms. The molecule has 2 aromatic heterocycles. The molecule has 0 radical (unpaired) electrons. The average Bonchev–Trinajstić information content (AvgIpc) is 3.06. The van der Waals surface area contributed by atoms with Crippen molar-refractivity contribution >= 4 is 52.5 Å². The van der Waals surface area contributed by atoms with Crippen molar-refractivity contribution in [2.24, 2.45) is 5.41 Å². The van der Waals surface area contributed by atoms with Gasteiger partial charge in [-0.05, 0) is 47.4 Å². The van der Waals surface area contributed by atoms with Crippen molar-refractivity contribution in [3.63, 3.8) is 0 Å². The van der Waals surface area contributed by atoms with E-state index >= 15 is 0 Å². The fourth-order valence-electron chi connectivity index (χ4n) is 3.96. The van der Waals surface area contributed by atoms with Crippen LogP contribution in [0.1, 0.15) is 29.8 Å². The van der Waals surface area contributed by atoms with Crippen LogP contribution in [-0.4, -0.2) is 59.0 Å². The van der Waals surface area contributed by atoms with Gasteiger partial charge in [-0.3, -0.25) is 14.4 Å². The van der Waals surface area contributed by atoms with E-state index in [1.54, 1.807) is 44.2 Å². The Balaban J connectivity index is 1.29. The number of hydrogen-bond donors (Lipinski definition) is 5. The summed E-state index contributed by atoms with van der Waals surface area (Å²) < 4.78 is 44.9. The topological polar surface area (TPSA) is 159 Å². The first-order valence-corrected chi connectivity index (χ1v) is 14.9. The Hall–Kier alpha value is -5.44. The van der Waals surface area contributed by atoms with Crippen LogP contribution in [0.15, 0.2) is 66.9 Å². The van der Waals surface area contributed by atoms with Crippen LogP contribution >= 0.6 is 11.6 Å². The van der Waals surface area contributed by atoms with Gasteiger partial charge in [-0.25, -0.2) is 18.2 Å². The highest BCUT2D eigenvalue weighted by atomic mass is 35.5. The smallest absolute Gasteiger partial charge is 0.320 e. The standard InChI is InChI=1S/C32H32ClF3N8O4/c1-32(2,18-40-29(46)30(47)41-24-9-8-22(35)13-23(24)36)17-39-28(45)20-5-10-25(38-16-20)42-27-14-26(43-31(44-27)48-12-11-34)37-15-19-3-6-21(33)7-4-19/h3-10,13-14,16H,11-12,15,17-18H2,1-2H3,(H,39,45)(H,40,46)(H,41,47)(H2,37,38,42,43,44). The Morgan fingerprint density at radius 3 is 2.29 bits per heavy atom. The number of ether oxygens (including phenoxy) is 1. The molecule has 12 nitrogen and oxygen atoms in total. The summed E-state index contributed by atoms with van der Waals surface area (Å²) in [6.07, 6.45) is 1.35. The second kappa shape index (κ2) is 16.4. The Kier molecular flexibility index (Phi) is 12.1. The summed E-state index contributed by atoms with van der Waals surface area (Å²) in [4.78, 5) is 49.9. The first kappa shape index (κ1) is 35.4. The third-order valence-electron chi connectivity index (χ3n) is 6.52. The second-order valence-corrected chi connectivity index (χ2v) is 11.5. The second-order valence-electron chi connectivity index (χ2n) is 11.1. The zero-order valence-corrected chi connectivity index (χ0v) is 26.6. The molecule has 0 fully saturated rings. The number of nitrogens with zero attached hydrogens (tertiary/aromatic N) is 3. The van der Waals surface area contributed by atoms with Gasteiger partial charge in [0.1, 0.15) is 42.4 Å². The van der Waals surface area contributed by atoms with Gasteiger partial charge >= 0.3 is 17.8 Å². The number of aromatic nitrogens is 3. The number of rotatable bonds is 14. The van der Waals surface area contributed by atoms with E-state index in [9.17, 15) is 27.6 Å². The monoisotopic (exact) mass is 684 g/mol. The van der Waals surface area contributed by atoms with Gasteiger partial charge in [0.25, 0.3) is 5.91 Å². The van der Waals surface area contributed by atoms with E-state index < -0.39 is 41.4 Å². The first-order chi connectivity index (χ1) is 22.9. The van der Waals surface area contributed by atoms with E-state index in [0.717, 1.165) is 17.7 Å². The Bertz CT molecular complexity index is 1740. The highest BCUT2D eigenvalue weighted by Gasteiger charge is 2.23. The van der Waals surface area contributed by atoms with Gasteiger partial charge in [-0.15, -0.1) is 0 Å². The van der Waals surface area contributed by atoms with E-state index in [4.69, 9.17) is 16.3 Å². The van der Waals surface area contributed by atoms with Crippen molar-refractivity contribution in [1.82, 2.24) is 25.6 Å². The fraction of sp³-hybridized carbons (Fsp3) is 0.250. The molecule has 0 aliphatic heterocycles. The molecule has 0 atom stereocenters. The number of carbonyl (C=O) groups excluding carboxylic acids is 3. The van der Waals surface area contributed by atoms with E-state index in [1.807, 2.05) is 12.1 Å². The summed E-state index contributed by atoms with van der Waals surface area (Å²) in [5.41, 5.74) is 0.178. The molecular formula is C32H32ClF3N8O4.